The number of aromatic hydroxyl groups is 2. The molecule has 0 spiro atoms. The molecule has 0 amide bonds. The van der Waals surface area contributed by atoms with Crippen LogP contribution in [0, 0.1) is 0 Å². The molecule has 10 heteroatoms. The summed E-state index contributed by atoms with van der Waals surface area (Å²) in [4.78, 5) is 10.6. The van der Waals surface area contributed by atoms with E-state index in [1.165, 1.54) is 12.1 Å². The maximum atomic E-state index is 12.3. The number of aromatic carboxylic acids is 1. The molecule has 23 heavy (non-hydrogen) atoms. The summed E-state index contributed by atoms with van der Waals surface area (Å²) in [5.74, 6) is -2.78. The molecular formula is C13H9BrClNO6S. The monoisotopic (exact) mass is 421 g/mol. The second-order valence-corrected chi connectivity index (χ2v) is 7.38. The van der Waals surface area contributed by atoms with E-state index in [1.54, 1.807) is 0 Å². The van der Waals surface area contributed by atoms with E-state index in [1.807, 2.05) is 4.72 Å². The number of phenolic OH excluding ortho intramolecular Hbond substituents is 1. The molecule has 4 N–H and O–H groups in total. The number of nitrogens with one attached hydrogen (secondary N) is 1. The highest BCUT2D eigenvalue weighted by Gasteiger charge is 2.23. The molecule has 0 bridgehead atoms. The summed E-state index contributed by atoms with van der Waals surface area (Å²) >= 11 is 8.81. The summed E-state index contributed by atoms with van der Waals surface area (Å²) in [5.41, 5.74) is -0.983. The van der Waals surface area contributed by atoms with Crippen molar-refractivity contribution in [3.8, 4) is 11.5 Å². The number of carbonyl (C=O) groups is 1. The summed E-state index contributed by atoms with van der Waals surface area (Å²) in [6.07, 6.45) is 0. The van der Waals surface area contributed by atoms with Gasteiger partial charge in [0.1, 0.15) is 16.2 Å². The van der Waals surface area contributed by atoms with E-state index in [-0.39, 0.29) is 5.02 Å². The molecule has 2 aromatic carbocycles. The van der Waals surface area contributed by atoms with Crippen LogP contribution in [0.5, 0.6) is 11.5 Å². The first-order valence-electron chi connectivity index (χ1n) is 5.89. The third-order valence-electron chi connectivity index (χ3n) is 2.76. The average molecular weight is 423 g/mol. The van der Waals surface area contributed by atoms with Gasteiger partial charge in [0.15, 0.2) is 5.75 Å². The Morgan fingerprint density at radius 1 is 1.17 bits per heavy atom. The molecule has 122 valence electrons. The number of hydrogen-bond donors (Lipinski definition) is 4. The minimum absolute atomic E-state index is 0.0867. The van der Waals surface area contributed by atoms with Crippen LogP contribution in [0.25, 0.3) is 0 Å². The Bertz CT molecular complexity index is 900. The van der Waals surface area contributed by atoms with Crippen molar-refractivity contribution in [2.45, 2.75) is 4.90 Å². The van der Waals surface area contributed by atoms with Crippen LogP contribution in [0.1, 0.15) is 10.4 Å². The molecule has 0 aliphatic carbocycles. The fourth-order valence-electron chi connectivity index (χ4n) is 1.74. The zero-order valence-electron chi connectivity index (χ0n) is 11.1. The van der Waals surface area contributed by atoms with E-state index in [4.69, 9.17) is 16.7 Å². The Morgan fingerprint density at radius 3 is 2.43 bits per heavy atom. The van der Waals surface area contributed by atoms with Crippen molar-refractivity contribution in [2.75, 3.05) is 4.72 Å². The lowest BCUT2D eigenvalue weighted by atomic mass is 10.2. The minimum atomic E-state index is -4.29. The number of halogens is 2. The van der Waals surface area contributed by atoms with Crippen molar-refractivity contribution in [1.29, 1.82) is 0 Å². The van der Waals surface area contributed by atoms with Gasteiger partial charge in [0.2, 0.25) is 0 Å². The molecule has 7 nitrogen and oxygen atoms in total. The molecular weight excluding hydrogens is 414 g/mol. The molecule has 0 atom stereocenters. The van der Waals surface area contributed by atoms with Gasteiger partial charge in [-0.05, 0) is 30.3 Å². The number of phenols is 2. The molecule has 0 unspecified atom stereocenters. The fraction of sp³-hybridized carbons (Fsp3) is 0. The number of benzene rings is 2. The van der Waals surface area contributed by atoms with Crippen molar-refractivity contribution in [3.63, 3.8) is 0 Å². The molecule has 0 heterocycles. The topological polar surface area (TPSA) is 124 Å². The van der Waals surface area contributed by atoms with E-state index in [2.05, 4.69) is 15.9 Å². The van der Waals surface area contributed by atoms with Gasteiger partial charge in [-0.1, -0.05) is 27.5 Å². The lowest BCUT2D eigenvalue weighted by Gasteiger charge is -2.13. The van der Waals surface area contributed by atoms with Gasteiger partial charge in [-0.25, -0.2) is 13.2 Å². The summed E-state index contributed by atoms with van der Waals surface area (Å²) in [6.45, 7) is 0. The van der Waals surface area contributed by atoms with Crippen LogP contribution in [-0.2, 0) is 10.0 Å². The second-order valence-electron chi connectivity index (χ2n) is 4.37. The van der Waals surface area contributed by atoms with Crippen LogP contribution in [0.4, 0.5) is 5.69 Å². The van der Waals surface area contributed by atoms with Gasteiger partial charge in [0.25, 0.3) is 10.0 Å². The zero-order valence-corrected chi connectivity index (χ0v) is 14.3. The first-order valence-corrected chi connectivity index (χ1v) is 8.54. The first kappa shape index (κ1) is 17.4. The van der Waals surface area contributed by atoms with Crippen molar-refractivity contribution < 1.29 is 28.5 Å². The number of anilines is 1. The lowest BCUT2D eigenvalue weighted by molar-refractivity contribution is 0.0694. The third kappa shape index (κ3) is 3.69. The van der Waals surface area contributed by atoms with Gasteiger partial charge < -0.3 is 15.3 Å². The number of sulfonamides is 1. The van der Waals surface area contributed by atoms with Crippen molar-refractivity contribution in [1.82, 2.24) is 0 Å². The molecule has 0 aliphatic rings. The molecule has 0 saturated carbocycles. The van der Waals surface area contributed by atoms with Gasteiger partial charge in [-0.15, -0.1) is 0 Å². The average Bonchev–Trinajstić information content (AvgIpc) is 2.44. The number of rotatable bonds is 4. The molecule has 2 aromatic rings. The summed E-state index contributed by atoms with van der Waals surface area (Å²) in [6, 6.07) is 5.79. The molecule has 0 saturated heterocycles. The normalized spacial score (nSPS) is 11.2. The predicted octanol–water partition coefficient (Wildman–Crippen LogP) is 3.01. The molecule has 2 rings (SSSR count). The number of hydrogen-bond acceptors (Lipinski definition) is 5. The SMILES string of the molecule is O=C(O)c1cc(Cl)cc(NS(=O)(=O)c2cc(Br)ccc2O)c1O. The molecule has 0 fully saturated rings. The summed E-state index contributed by atoms with van der Waals surface area (Å²) < 4.78 is 27.1. The van der Waals surface area contributed by atoms with E-state index in [0.29, 0.717) is 4.47 Å². The molecule has 0 aliphatic heterocycles. The fourth-order valence-corrected chi connectivity index (χ4v) is 3.65. The smallest absolute Gasteiger partial charge is 0.339 e. The quantitative estimate of drug-likeness (QED) is 0.562. The highest BCUT2D eigenvalue weighted by atomic mass is 79.9. The van der Waals surface area contributed by atoms with Gasteiger partial charge in [-0.2, -0.15) is 0 Å². The maximum absolute atomic E-state index is 12.3. The van der Waals surface area contributed by atoms with E-state index < -0.39 is 43.6 Å². The van der Waals surface area contributed by atoms with E-state index in [0.717, 1.165) is 18.2 Å². The number of carboxylic acids is 1. The standard InChI is InChI=1S/C13H9BrClNO6S/c14-6-1-2-10(17)11(3-6)23(21,22)16-9-5-7(15)4-8(12(9)18)13(19)20/h1-5,16-18H,(H,19,20). The highest BCUT2D eigenvalue weighted by Crippen LogP contribution is 2.35. The van der Waals surface area contributed by atoms with Gasteiger partial charge in [0.05, 0.1) is 5.69 Å². The van der Waals surface area contributed by atoms with Gasteiger partial charge in [-0.3, -0.25) is 4.72 Å². The molecule has 0 aromatic heterocycles. The van der Waals surface area contributed by atoms with Crippen molar-refractivity contribution in [3.05, 3.63) is 45.4 Å². The summed E-state index contributed by atoms with van der Waals surface area (Å²) in [5, 5.41) is 28.5. The van der Waals surface area contributed by atoms with Gasteiger partial charge >= 0.3 is 5.97 Å². The highest BCUT2D eigenvalue weighted by molar-refractivity contribution is 9.10. The predicted molar refractivity (Wildman–Crippen MR) is 86.7 cm³/mol. The first-order chi connectivity index (χ1) is 10.6. The van der Waals surface area contributed by atoms with Gasteiger partial charge in [0, 0.05) is 9.50 Å². The molecule has 0 radical (unpaired) electrons. The minimum Gasteiger partial charge on any atom is -0.507 e. The van der Waals surface area contributed by atoms with Crippen LogP contribution in [-0.4, -0.2) is 29.7 Å². The van der Waals surface area contributed by atoms with Crippen LogP contribution < -0.4 is 4.72 Å². The zero-order chi connectivity index (χ0) is 17.4. The Labute approximate surface area is 144 Å². The van der Waals surface area contributed by atoms with Crippen LogP contribution >= 0.6 is 27.5 Å². The second kappa shape index (κ2) is 6.26. The van der Waals surface area contributed by atoms with Crippen LogP contribution in [0.2, 0.25) is 5.02 Å². The van der Waals surface area contributed by atoms with Crippen molar-refractivity contribution >= 4 is 49.2 Å². The van der Waals surface area contributed by atoms with Crippen molar-refractivity contribution in [2.24, 2.45) is 0 Å². The Morgan fingerprint density at radius 2 is 1.83 bits per heavy atom. The summed E-state index contributed by atoms with van der Waals surface area (Å²) in [7, 11) is -4.29. The Balaban J connectivity index is 2.54. The van der Waals surface area contributed by atoms with E-state index >= 15 is 0 Å². The van der Waals surface area contributed by atoms with Crippen LogP contribution in [0.15, 0.2) is 39.7 Å². The Hall–Kier alpha value is -1.97. The third-order valence-corrected chi connectivity index (χ3v) is 4.87. The van der Waals surface area contributed by atoms with Crippen LogP contribution in [0.3, 0.4) is 0 Å². The largest absolute Gasteiger partial charge is 0.507 e. The van der Waals surface area contributed by atoms with E-state index in [9.17, 15) is 23.4 Å². The Kier molecular flexibility index (Phi) is 4.73. The maximum Gasteiger partial charge on any atom is 0.339 e. The number of carboxylic acid groups (broad SMARTS) is 1. The lowest BCUT2D eigenvalue weighted by Crippen LogP contribution is -2.14.